The van der Waals surface area contributed by atoms with Gasteiger partial charge in [-0.3, -0.25) is 0 Å². The second-order valence-electron chi connectivity index (χ2n) is 4.40. The van der Waals surface area contributed by atoms with E-state index in [1.54, 1.807) is 6.07 Å². The molecule has 2 aromatic rings. The molecule has 2 rings (SSSR count). The number of halogens is 1. The quantitative estimate of drug-likeness (QED) is 0.668. The predicted octanol–water partition coefficient (Wildman–Crippen LogP) is 3.75. The molecular weight excluding hydrogens is 189 g/mol. The summed E-state index contributed by atoms with van der Waals surface area (Å²) in [4.78, 5) is 0. The van der Waals surface area contributed by atoms with Crippen molar-refractivity contribution >= 4 is 10.9 Å². The van der Waals surface area contributed by atoms with Crippen LogP contribution >= 0.6 is 0 Å². The van der Waals surface area contributed by atoms with Gasteiger partial charge in [0.05, 0.1) is 5.52 Å². The number of nitrogens with zero attached hydrogens (tertiary/aromatic N) is 1. The molecule has 0 atom stereocenters. The molecule has 15 heavy (non-hydrogen) atoms. The number of fused-ring (bicyclic) bond motifs is 1. The first-order valence-electron chi connectivity index (χ1n) is 5.26. The van der Waals surface area contributed by atoms with Crippen LogP contribution in [0, 0.1) is 12.7 Å². The summed E-state index contributed by atoms with van der Waals surface area (Å²) in [7, 11) is 1.91. The third-order valence-corrected chi connectivity index (χ3v) is 3.04. The standard InChI is InChI=1S/C13H16FN/c1-8(2)10-5-6-12(14)13-11(10)7-9(3)15(13)4/h5-8H,1-4H3. The second-order valence-corrected chi connectivity index (χ2v) is 4.40. The van der Waals surface area contributed by atoms with Gasteiger partial charge >= 0.3 is 0 Å². The van der Waals surface area contributed by atoms with Crippen molar-refractivity contribution in [3.63, 3.8) is 0 Å². The first kappa shape index (κ1) is 10.2. The summed E-state index contributed by atoms with van der Waals surface area (Å²) in [5, 5.41) is 1.05. The molecule has 0 saturated heterocycles. The Morgan fingerprint density at radius 2 is 1.93 bits per heavy atom. The summed E-state index contributed by atoms with van der Waals surface area (Å²) < 4.78 is 15.6. The van der Waals surface area contributed by atoms with E-state index in [1.165, 1.54) is 5.56 Å². The third-order valence-electron chi connectivity index (χ3n) is 3.04. The van der Waals surface area contributed by atoms with Crippen LogP contribution in [0.2, 0.25) is 0 Å². The Morgan fingerprint density at radius 1 is 1.27 bits per heavy atom. The Balaban J connectivity index is 2.89. The first-order valence-corrected chi connectivity index (χ1v) is 5.26. The van der Waals surface area contributed by atoms with Gasteiger partial charge in [0.2, 0.25) is 0 Å². The Kier molecular flexibility index (Phi) is 2.29. The summed E-state index contributed by atoms with van der Waals surface area (Å²) in [6.07, 6.45) is 0. The SMILES string of the molecule is Cc1cc2c(C(C)C)ccc(F)c2n1C. The number of aromatic nitrogens is 1. The average molecular weight is 205 g/mol. The fourth-order valence-corrected chi connectivity index (χ4v) is 2.08. The highest BCUT2D eigenvalue weighted by Gasteiger charge is 2.13. The van der Waals surface area contributed by atoms with Crippen LogP contribution in [-0.2, 0) is 7.05 Å². The predicted molar refractivity (Wildman–Crippen MR) is 61.7 cm³/mol. The molecule has 0 bridgehead atoms. The molecule has 0 aliphatic heterocycles. The van der Waals surface area contributed by atoms with Gasteiger partial charge in [0.25, 0.3) is 0 Å². The molecular formula is C13H16FN. The number of aryl methyl sites for hydroxylation is 2. The van der Waals surface area contributed by atoms with Crippen LogP contribution in [0.5, 0.6) is 0 Å². The number of benzene rings is 1. The smallest absolute Gasteiger partial charge is 0.147 e. The fraction of sp³-hybridized carbons (Fsp3) is 0.385. The van der Waals surface area contributed by atoms with Crippen LogP contribution in [0.25, 0.3) is 10.9 Å². The van der Waals surface area contributed by atoms with Crippen LogP contribution < -0.4 is 0 Å². The molecule has 1 aromatic carbocycles. The molecule has 0 aliphatic carbocycles. The van der Waals surface area contributed by atoms with Gasteiger partial charge in [0.15, 0.2) is 0 Å². The van der Waals surface area contributed by atoms with E-state index in [0.717, 1.165) is 16.6 Å². The van der Waals surface area contributed by atoms with Crippen LogP contribution in [0.3, 0.4) is 0 Å². The zero-order chi connectivity index (χ0) is 11.2. The van der Waals surface area contributed by atoms with Gasteiger partial charge in [-0.25, -0.2) is 4.39 Å². The van der Waals surface area contributed by atoms with Crippen LogP contribution in [-0.4, -0.2) is 4.57 Å². The summed E-state index contributed by atoms with van der Waals surface area (Å²) in [6.45, 7) is 6.27. The molecule has 0 amide bonds. The Labute approximate surface area is 89.5 Å². The Morgan fingerprint density at radius 3 is 2.53 bits per heavy atom. The van der Waals surface area contributed by atoms with Crippen molar-refractivity contribution in [2.24, 2.45) is 7.05 Å². The zero-order valence-electron chi connectivity index (χ0n) is 9.63. The van der Waals surface area contributed by atoms with Gasteiger partial charge < -0.3 is 4.57 Å². The minimum absolute atomic E-state index is 0.134. The summed E-state index contributed by atoms with van der Waals surface area (Å²) >= 11 is 0. The third kappa shape index (κ3) is 1.44. The normalized spacial score (nSPS) is 11.6. The number of rotatable bonds is 1. The maximum absolute atomic E-state index is 13.7. The topological polar surface area (TPSA) is 4.93 Å². The van der Waals surface area contributed by atoms with E-state index < -0.39 is 0 Å². The lowest BCUT2D eigenvalue weighted by molar-refractivity contribution is 0.630. The van der Waals surface area contributed by atoms with Crippen molar-refractivity contribution in [1.29, 1.82) is 0 Å². The molecule has 0 N–H and O–H groups in total. The van der Waals surface area contributed by atoms with Crippen molar-refractivity contribution in [2.45, 2.75) is 26.7 Å². The second kappa shape index (κ2) is 3.37. The molecule has 0 radical (unpaired) electrons. The van der Waals surface area contributed by atoms with E-state index in [-0.39, 0.29) is 5.82 Å². The summed E-state index contributed by atoms with van der Waals surface area (Å²) in [5.41, 5.74) is 3.03. The molecule has 2 heteroatoms. The van der Waals surface area contributed by atoms with Crippen molar-refractivity contribution < 1.29 is 4.39 Å². The van der Waals surface area contributed by atoms with Gasteiger partial charge in [0.1, 0.15) is 5.82 Å². The van der Waals surface area contributed by atoms with Crippen molar-refractivity contribution in [3.05, 3.63) is 35.3 Å². The van der Waals surface area contributed by atoms with E-state index >= 15 is 0 Å². The minimum Gasteiger partial charge on any atom is -0.346 e. The molecule has 0 spiro atoms. The first-order chi connectivity index (χ1) is 7.02. The van der Waals surface area contributed by atoms with Gasteiger partial charge in [-0.1, -0.05) is 19.9 Å². The van der Waals surface area contributed by atoms with E-state index in [2.05, 4.69) is 19.9 Å². The lowest BCUT2D eigenvalue weighted by Crippen LogP contribution is -1.94. The molecule has 1 aromatic heterocycles. The van der Waals surface area contributed by atoms with E-state index in [4.69, 9.17) is 0 Å². The minimum atomic E-state index is -0.134. The van der Waals surface area contributed by atoms with Gasteiger partial charge in [-0.2, -0.15) is 0 Å². The average Bonchev–Trinajstić information content (AvgIpc) is 2.44. The van der Waals surface area contributed by atoms with Crippen LogP contribution in [0.15, 0.2) is 18.2 Å². The Bertz CT molecular complexity index is 509. The largest absolute Gasteiger partial charge is 0.346 e. The van der Waals surface area contributed by atoms with Gasteiger partial charge in [-0.05, 0) is 30.5 Å². The highest BCUT2D eigenvalue weighted by molar-refractivity contribution is 5.85. The highest BCUT2D eigenvalue weighted by atomic mass is 19.1. The molecule has 0 saturated carbocycles. The molecule has 80 valence electrons. The number of hydrogen-bond acceptors (Lipinski definition) is 0. The molecule has 0 unspecified atom stereocenters. The molecule has 1 nitrogen and oxygen atoms in total. The maximum Gasteiger partial charge on any atom is 0.147 e. The summed E-state index contributed by atoms with van der Waals surface area (Å²) in [6, 6.07) is 5.52. The number of hydrogen-bond donors (Lipinski definition) is 0. The van der Waals surface area contributed by atoms with Crippen LogP contribution in [0.4, 0.5) is 4.39 Å². The lowest BCUT2D eigenvalue weighted by atomic mass is 9.99. The van der Waals surface area contributed by atoms with Gasteiger partial charge in [0, 0.05) is 18.1 Å². The highest BCUT2D eigenvalue weighted by Crippen LogP contribution is 2.29. The van der Waals surface area contributed by atoms with Gasteiger partial charge in [-0.15, -0.1) is 0 Å². The maximum atomic E-state index is 13.7. The monoisotopic (exact) mass is 205 g/mol. The van der Waals surface area contributed by atoms with E-state index in [9.17, 15) is 4.39 Å². The molecule has 1 heterocycles. The van der Waals surface area contributed by atoms with Crippen molar-refractivity contribution in [3.8, 4) is 0 Å². The van der Waals surface area contributed by atoms with Crippen LogP contribution in [0.1, 0.15) is 31.0 Å². The molecule has 0 fully saturated rings. The summed E-state index contributed by atoms with van der Waals surface area (Å²) in [5.74, 6) is 0.292. The fourth-order valence-electron chi connectivity index (χ4n) is 2.08. The van der Waals surface area contributed by atoms with E-state index in [1.807, 2.05) is 24.6 Å². The molecule has 0 aliphatic rings. The van der Waals surface area contributed by atoms with E-state index in [0.29, 0.717) is 5.92 Å². The zero-order valence-corrected chi connectivity index (χ0v) is 9.63. The lowest BCUT2D eigenvalue weighted by Gasteiger charge is -2.08. The van der Waals surface area contributed by atoms with Crippen molar-refractivity contribution in [1.82, 2.24) is 4.57 Å². The van der Waals surface area contributed by atoms with Crippen molar-refractivity contribution in [2.75, 3.05) is 0 Å². The Hall–Kier alpha value is -1.31.